The highest BCUT2D eigenvalue weighted by Crippen LogP contribution is 2.14. The van der Waals surface area contributed by atoms with E-state index in [2.05, 4.69) is 10.0 Å². The molecule has 0 amide bonds. The molecule has 0 aliphatic heterocycles. The lowest BCUT2D eigenvalue weighted by Crippen LogP contribution is -2.20. The van der Waals surface area contributed by atoms with Crippen LogP contribution in [0.25, 0.3) is 16.5 Å². The third kappa shape index (κ3) is 4.59. The van der Waals surface area contributed by atoms with Crippen molar-refractivity contribution >= 4 is 11.8 Å². The van der Waals surface area contributed by atoms with Crippen LogP contribution in [0, 0.1) is 0 Å². The summed E-state index contributed by atoms with van der Waals surface area (Å²) in [5, 5.41) is 12.2. The Balaban J connectivity index is 2.61. The highest BCUT2D eigenvalue weighted by Gasteiger charge is 1.98. The standard InChI is InChI=1S/C12H16N4O/c1-16(9-10-17)12-6-4-11(5-7-12)3-2-8-14-15-13/h2-7,17H,8-10H2,1H3. The lowest BCUT2D eigenvalue weighted by Gasteiger charge is -2.17. The Hall–Kier alpha value is -1.97. The van der Waals surface area contributed by atoms with Gasteiger partial charge in [-0.15, -0.1) is 0 Å². The van der Waals surface area contributed by atoms with Gasteiger partial charge in [0.15, 0.2) is 0 Å². The first-order chi connectivity index (χ1) is 8.27. The summed E-state index contributed by atoms with van der Waals surface area (Å²) in [6.07, 6.45) is 3.72. The molecule has 0 spiro atoms. The minimum atomic E-state index is 0.143. The molecule has 1 N–H and O–H groups in total. The van der Waals surface area contributed by atoms with Gasteiger partial charge in [0.25, 0.3) is 0 Å². The predicted octanol–water partition coefficient (Wildman–Crippen LogP) is 2.44. The van der Waals surface area contributed by atoms with Crippen LogP contribution >= 0.6 is 0 Å². The van der Waals surface area contributed by atoms with Gasteiger partial charge in [-0.25, -0.2) is 0 Å². The van der Waals surface area contributed by atoms with Gasteiger partial charge in [-0.2, -0.15) is 0 Å². The van der Waals surface area contributed by atoms with E-state index in [-0.39, 0.29) is 6.61 Å². The van der Waals surface area contributed by atoms with Gasteiger partial charge in [-0.3, -0.25) is 0 Å². The van der Waals surface area contributed by atoms with Crippen molar-refractivity contribution in [2.45, 2.75) is 0 Å². The fourth-order valence-corrected chi connectivity index (χ4v) is 1.39. The summed E-state index contributed by atoms with van der Waals surface area (Å²) < 4.78 is 0. The van der Waals surface area contributed by atoms with Crippen molar-refractivity contribution in [3.05, 3.63) is 46.3 Å². The van der Waals surface area contributed by atoms with Crippen molar-refractivity contribution in [1.29, 1.82) is 0 Å². The maximum Gasteiger partial charge on any atom is 0.0606 e. The van der Waals surface area contributed by atoms with Crippen LogP contribution < -0.4 is 4.90 Å². The van der Waals surface area contributed by atoms with E-state index in [0.29, 0.717) is 13.1 Å². The summed E-state index contributed by atoms with van der Waals surface area (Å²) in [7, 11) is 1.93. The van der Waals surface area contributed by atoms with E-state index in [1.54, 1.807) is 0 Å². The van der Waals surface area contributed by atoms with Gasteiger partial charge < -0.3 is 10.0 Å². The van der Waals surface area contributed by atoms with Gasteiger partial charge in [0.2, 0.25) is 0 Å². The highest BCUT2D eigenvalue weighted by molar-refractivity contribution is 5.55. The molecule has 0 radical (unpaired) electrons. The van der Waals surface area contributed by atoms with Gasteiger partial charge in [0, 0.05) is 30.7 Å². The zero-order chi connectivity index (χ0) is 12.5. The lowest BCUT2D eigenvalue weighted by molar-refractivity contribution is 0.304. The van der Waals surface area contributed by atoms with Crippen LogP contribution in [-0.4, -0.2) is 31.9 Å². The first-order valence-corrected chi connectivity index (χ1v) is 5.37. The number of azide groups is 1. The molecule has 0 atom stereocenters. The summed E-state index contributed by atoms with van der Waals surface area (Å²) in [6.45, 7) is 1.12. The lowest BCUT2D eigenvalue weighted by atomic mass is 10.2. The van der Waals surface area contributed by atoms with E-state index in [9.17, 15) is 0 Å². The molecule has 0 bridgehead atoms. The number of hydrogen-bond acceptors (Lipinski definition) is 3. The highest BCUT2D eigenvalue weighted by atomic mass is 16.3. The molecule has 1 rings (SSSR count). The molecule has 0 aliphatic carbocycles. The molecule has 17 heavy (non-hydrogen) atoms. The molecule has 0 saturated carbocycles. The van der Waals surface area contributed by atoms with E-state index in [4.69, 9.17) is 10.6 Å². The van der Waals surface area contributed by atoms with Gasteiger partial charge in [0.1, 0.15) is 0 Å². The van der Waals surface area contributed by atoms with Crippen molar-refractivity contribution in [2.24, 2.45) is 5.11 Å². The van der Waals surface area contributed by atoms with Gasteiger partial charge in [0.05, 0.1) is 6.61 Å². The van der Waals surface area contributed by atoms with Crippen LogP contribution in [-0.2, 0) is 0 Å². The molecule has 1 aromatic rings. The quantitative estimate of drug-likeness (QED) is 0.465. The number of rotatable bonds is 6. The summed E-state index contributed by atoms with van der Waals surface area (Å²) in [4.78, 5) is 4.65. The number of aliphatic hydroxyl groups is 1. The first kappa shape index (κ1) is 13.1. The molecule has 5 heteroatoms. The smallest absolute Gasteiger partial charge is 0.0606 e. The van der Waals surface area contributed by atoms with Crippen molar-refractivity contribution in [3.63, 3.8) is 0 Å². The number of aliphatic hydroxyl groups excluding tert-OH is 1. The molecular formula is C12H16N4O. The topological polar surface area (TPSA) is 72.2 Å². The number of nitrogens with zero attached hydrogens (tertiary/aromatic N) is 4. The molecule has 0 unspecified atom stereocenters. The Morgan fingerprint density at radius 1 is 1.41 bits per heavy atom. The first-order valence-electron chi connectivity index (χ1n) is 5.37. The zero-order valence-corrected chi connectivity index (χ0v) is 9.82. The predicted molar refractivity (Wildman–Crippen MR) is 69.8 cm³/mol. The van der Waals surface area contributed by atoms with Crippen LogP contribution in [0.2, 0.25) is 0 Å². The van der Waals surface area contributed by atoms with Crippen LogP contribution in [0.3, 0.4) is 0 Å². The molecule has 90 valence electrons. The largest absolute Gasteiger partial charge is 0.395 e. The second kappa shape index (κ2) is 7.33. The van der Waals surface area contributed by atoms with Gasteiger partial charge in [-0.1, -0.05) is 29.4 Å². The molecule has 5 nitrogen and oxygen atoms in total. The van der Waals surface area contributed by atoms with E-state index in [0.717, 1.165) is 11.3 Å². The van der Waals surface area contributed by atoms with Crippen LogP contribution in [0.4, 0.5) is 5.69 Å². The molecule has 0 saturated heterocycles. The molecule has 0 heterocycles. The second-order valence-electron chi connectivity index (χ2n) is 3.55. The maximum absolute atomic E-state index is 8.83. The number of benzene rings is 1. The molecule has 1 aromatic carbocycles. The Labute approximate surface area is 101 Å². The monoisotopic (exact) mass is 232 g/mol. The van der Waals surface area contributed by atoms with Gasteiger partial charge in [-0.05, 0) is 23.2 Å². The average molecular weight is 232 g/mol. The summed E-state index contributed by atoms with van der Waals surface area (Å²) in [5.74, 6) is 0. The van der Waals surface area contributed by atoms with Crippen LogP contribution in [0.1, 0.15) is 5.56 Å². The molecular weight excluding hydrogens is 216 g/mol. The third-order valence-electron chi connectivity index (χ3n) is 2.33. The fraction of sp³-hybridized carbons (Fsp3) is 0.333. The minimum Gasteiger partial charge on any atom is -0.395 e. The Morgan fingerprint density at radius 2 is 2.12 bits per heavy atom. The fourth-order valence-electron chi connectivity index (χ4n) is 1.39. The Bertz CT molecular complexity index is 407. The number of anilines is 1. The second-order valence-corrected chi connectivity index (χ2v) is 3.55. The van der Waals surface area contributed by atoms with Crippen molar-refractivity contribution in [1.82, 2.24) is 0 Å². The van der Waals surface area contributed by atoms with Gasteiger partial charge >= 0.3 is 0 Å². The maximum atomic E-state index is 8.83. The summed E-state index contributed by atoms with van der Waals surface area (Å²) in [5.41, 5.74) is 10.2. The Morgan fingerprint density at radius 3 is 2.71 bits per heavy atom. The Kier molecular flexibility index (Phi) is 5.64. The SMILES string of the molecule is CN(CCO)c1ccc(C=CCN=[N+]=[N-])cc1. The van der Waals surface area contributed by atoms with Crippen LogP contribution in [0.15, 0.2) is 35.5 Å². The van der Waals surface area contributed by atoms with E-state index in [1.807, 2.05) is 48.4 Å². The van der Waals surface area contributed by atoms with Crippen molar-refractivity contribution < 1.29 is 5.11 Å². The average Bonchev–Trinajstić information content (AvgIpc) is 2.36. The minimum absolute atomic E-state index is 0.143. The normalized spacial score (nSPS) is 10.2. The molecule has 0 aromatic heterocycles. The number of hydrogen-bond donors (Lipinski definition) is 1. The van der Waals surface area contributed by atoms with Crippen LogP contribution in [0.5, 0.6) is 0 Å². The van der Waals surface area contributed by atoms with Crippen molar-refractivity contribution in [2.75, 3.05) is 31.6 Å². The van der Waals surface area contributed by atoms with E-state index in [1.165, 1.54) is 0 Å². The van der Waals surface area contributed by atoms with Crippen molar-refractivity contribution in [3.8, 4) is 0 Å². The summed E-state index contributed by atoms with van der Waals surface area (Å²) in [6, 6.07) is 7.94. The van der Waals surface area contributed by atoms with E-state index >= 15 is 0 Å². The molecule has 0 fully saturated rings. The molecule has 0 aliphatic rings. The summed E-state index contributed by atoms with van der Waals surface area (Å²) >= 11 is 0. The number of likely N-dealkylation sites (N-methyl/N-ethyl adjacent to an activating group) is 1. The zero-order valence-electron chi connectivity index (χ0n) is 9.82. The van der Waals surface area contributed by atoms with E-state index < -0.39 is 0 Å². The third-order valence-corrected chi connectivity index (χ3v) is 2.33.